The molecule has 3 heteroatoms. The minimum Gasteiger partial charge on any atom is -0.504 e. The maximum absolute atomic E-state index is 11.5. The Balaban J connectivity index is 2.15. The normalized spacial score (nSPS) is 22.9. The van der Waals surface area contributed by atoms with Gasteiger partial charge in [0.2, 0.25) is 0 Å². The van der Waals surface area contributed by atoms with E-state index < -0.39 is 0 Å². The van der Waals surface area contributed by atoms with Gasteiger partial charge in [-0.05, 0) is 30.0 Å². The number of phenols is 1. The SMILES string of the molecule is CCC(=O)C1CC1c1ccc(O)c(OC)c1. The second-order valence-corrected chi connectivity index (χ2v) is 4.20. The summed E-state index contributed by atoms with van der Waals surface area (Å²) in [6.45, 7) is 1.90. The molecule has 1 fully saturated rings. The van der Waals surface area contributed by atoms with Gasteiger partial charge in [-0.1, -0.05) is 13.0 Å². The van der Waals surface area contributed by atoms with Crippen molar-refractivity contribution in [2.24, 2.45) is 5.92 Å². The number of hydrogen-bond acceptors (Lipinski definition) is 3. The zero-order valence-electron chi connectivity index (χ0n) is 9.56. The summed E-state index contributed by atoms with van der Waals surface area (Å²) in [4.78, 5) is 11.5. The zero-order chi connectivity index (χ0) is 11.7. The fourth-order valence-corrected chi connectivity index (χ4v) is 2.11. The Morgan fingerprint density at radius 2 is 2.31 bits per heavy atom. The number of rotatable bonds is 4. The molecule has 1 aliphatic carbocycles. The second kappa shape index (κ2) is 4.16. The highest BCUT2D eigenvalue weighted by Crippen LogP contribution is 2.49. The van der Waals surface area contributed by atoms with Gasteiger partial charge in [0.15, 0.2) is 11.5 Å². The molecule has 0 heterocycles. The maximum atomic E-state index is 11.5. The minimum absolute atomic E-state index is 0.144. The number of benzene rings is 1. The van der Waals surface area contributed by atoms with Gasteiger partial charge in [0, 0.05) is 12.3 Å². The van der Waals surface area contributed by atoms with Crippen LogP contribution >= 0.6 is 0 Å². The van der Waals surface area contributed by atoms with Gasteiger partial charge in [-0.3, -0.25) is 4.79 Å². The molecule has 0 radical (unpaired) electrons. The molecule has 1 N–H and O–H groups in total. The van der Waals surface area contributed by atoms with Gasteiger partial charge in [-0.15, -0.1) is 0 Å². The lowest BCUT2D eigenvalue weighted by Gasteiger charge is -2.06. The fraction of sp³-hybridized carbons (Fsp3) is 0.462. The third-order valence-electron chi connectivity index (χ3n) is 3.18. The highest BCUT2D eigenvalue weighted by atomic mass is 16.5. The number of Topliss-reactive ketones (excluding diaryl/α,β-unsaturated/α-hetero) is 1. The predicted molar refractivity (Wildman–Crippen MR) is 60.8 cm³/mol. The number of aromatic hydroxyl groups is 1. The predicted octanol–water partition coefficient (Wildman–Crippen LogP) is 2.48. The van der Waals surface area contributed by atoms with E-state index in [2.05, 4.69) is 0 Å². The summed E-state index contributed by atoms with van der Waals surface area (Å²) < 4.78 is 5.05. The van der Waals surface area contributed by atoms with E-state index in [0.29, 0.717) is 23.9 Å². The van der Waals surface area contributed by atoms with Crippen LogP contribution < -0.4 is 4.74 Å². The number of carbonyl (C=O) groups is 1. The van der Waals surface area contributed by atoms with E-state index in [1.807, 2.05) is 19.1 Å². The van der Waals surface area contributed by atoms with Crippen molar-refractivity contribution in [3.63, 3.8) is 0 Å². The van der Waals surface area contributed by atoms with Gasteiger partial charge in [0.25, 0.3) is 0 Å². The Hall–Kier alpha value is -1.51. The summed E-state index contributed by atoms with van der Waals surface area (Å²) in [7, 11) is 1.53. The van der Waals surface area contributed by atoms with Gasteiger partial charge in [-0.25, -0.2) is 0 Å². The molecule has 1 aromatic rings. The quantitative estimate of drug-likeness (QED) is 0.848. The molecule has 0 aliphatic heterocycles. The first-order valence-electron chi connectivity index (χ1n) is 5.57. The molecule has 0 aromatic heterocycles. The molecule has 0 saturated heterocycles. The summed E-state index contributed by atoms with van der Waals surface area (Å²) in [5, 5.41) is 9.47. The van der Waals surface area contributed by atoms with E-state index in [9.17, 15) is 9.90 Å². The molecule has 3 nitrogen and oxygen atoms in total. The standard InChI is InChI=1S/C13H16O3/c1-3-11(14)10-7-9(10)8-4-5-12(15)13(6-8)16-2/h4-6,9-10,15H,3,7H2,1-2H3. The monoisotopic (exact) mass is 220 g/mol. The van der Waals surface area contributed by atoms with Gasteiger partial charge in [0.1, 0.15) is 5.78 Å². The molecule has 2 rings (SSSR count). The topological polar surface area (TPSA) is 46.5 Å². The van der Waals surface area contributed by atoms with E-state index >= 15 is 0 Å². The van der Waals surface area contributed by atoms with Crippen LogP contribution in [0.1, 0.15) is 31.2 Å². The highest BCUT2D eigenvalue weighted by Gasteiger charge is 2.42. The van der Waals surface area contributed by atoms with Crippen molar-refractivity contribution in [1.82, 2.24) is 0 Å². The molecule has 0 spiro atoms. The average Bonchev–Trinajstić information content (AvgIpc) is 3.09. The maximum Gasteiger partial charge on any atom is 0.160 e. The van der Waals surface area contributed by atoms with E-state index in [4.69, 9.17) is 4.74 Å². The van der Waals surface area contributed by atoms with Crippen molar-refractivity contribution < 1.29 is 14.6 Å². The Morgan fingerprint density at radius 3 is 2.94 bits per heavy atom. The lowest BCUT2D eigenvalue weighted by molar-refractivity contribution is -0.120. The van der Waals surface area contributed by atoms with Crippen LogP contribution in [0.4, 0.5) is 0 Å². The number of methoxy groups -OCH3 is 1. The first-order valence-corrected chi connectivity index (χ1v) is 5.57. The van der Waals surface area contributed by atoms with Crippen molar-refractivity contribution in [3.8, 4) is 11.5 Å². The Labute approximate surface area is 95.0 Å². The van der Waals surface area contributed by atoms with Crippen molar-refractivity contribution in [2.45, 2.75) is 25.7 Å². The van der Waals surface area contributed by atoms with E-state index in [-0.39, 0.29) is 11.7 Å². The van der Waals surface area contributed by atoms with Crippen LogP contribution in [0.25, 0.3) is 0 Å². The molecule has 2 atom stereocenters. The average molecular weight is 220 g/mol. The van der Waals surface area contributed by atoms with Crippen LogP contribution in [0.2, 0.25) is 0 Å². The highest BCUT2D eigenvalue weighted by molar-refractivity contribution is 5.84. The molecule has 1 aromatic carbocycles. The van der Waals surface area contributed by atoms with Crippen LogP contribution in [0.3, 0.4) is 0 Å². The number of hydrogen-bond donors (Lipinski definition) is 1. The van der Waals surface area contributed by atoms with Crippen LogP contribution in [0.5, 0.6) is 11.5 Å². The molecule has 1 aliphatic rings. The summed E-state index contributed by atoms with van der Waals surface area (Å²) in [5.41, 5.74) is 1.08. The van der Waals surface area contributed by atoms with Crippen LogP contribution in [-0.4, -0.2) is 18.0 Å². The molecule has 16 heavy (non-hydrogen) atoms. The van der Waals surface area contributed by atoms with Crippen LogP contribution in [0.15, 0.2) is 18.2 Å². The first-order chi connectivity index (χ1) is 7.67. The van der Waals surface area contributed by atoms with Crippen LogP contribution in [0, 0.1) is 5.92 Å². The molecule has 0 amide bonds. The van der Waals surface area contributed by atoms with Gasteiger partial charge < -0.3 is 9.84 Å². The second-order valence-electron chi connectivity index (χ2n) is 4.20. The summed E-state index contributed by atoms with van der Waals surface area (Å²) in [6.07, 6.45) is 1.54. The molecule has 2 unspecified atom stereocenters. The molecule has 1 saturated carbocycles. The lowest BCUT2D eigenvalue weighted by Crippen LogP contribution is -1.99. The Morgan fingerprint density at radius 1 is 1.56 bits per heavy atom. The molecule has 86 valence electrons. The minimum atomic E-state index is 0.144. The number of carbonyl (C=O) groups excluding carboxylic acids is 1. The Kier molecular flexibility index (Phi) is 2.86. The molecular weight excluding hydrogens is 204 g/mol. The van der Waals surface area contributed by atoms with E-state index in [0.717, 1.165) is 12.0 Å². The largest absolute Gasteiger partial charge is 0.504 e. The van der Waals surface area contributed by atoms with Gasteiger partial charge >= 0.3 is 0 Å². The van der Waals surface area contributed by atoms with E-state index in [1.54, 1.807) is 6.07 Å². The van der Waals surface area contributed by atoms with Crippen molar-refractivity contribution in [3.05, 3.63) is 23.8 Å². The first kappa shape index (κ1) is 11.0. The van der Waals surface area contributed by atoms with Gasteiger partial charge in [0.05, 0.1) is 7.11 Å². The van der Waals surface area contributed by atoms with Crippen molar-refractivity contribution >= 4 is 5.78 Å². The fourth-order valence-electron chi connectivity index (χ4n) is 2.11. The number of ether oxygens (including phenoxy) is 1. The summed E-state index contributed by atoms with van der Waals surface area (Å²) in [5.74, 6) is 1.45. The van der Waals surface area contributed by atoms with Crippen LogP contribution in [-0.2, 0) is 4.79 Å². The third-order valence-corrected chi connectivity index (χ3v) is 3.18. The Bertz CT molecular complexity index is 412. The zero-order valence-corrected chi connectivity index (χ0v) is 9.56. The van der Waals surface area contributed by atoms with E-state index in [1.165, 1.54) is 7.11 Å². The summed E-state index contributed by atoms with van der Waals surface area (Å²) >= 11 is 0. The smallest absolute Gasteiger partial charge is 0.160 e. The lowest BCUT2D eigenvalue weighted by atomic mass is 10.1. The molecular formula is C13H16O3. The molecule has 0 bridgehead atoms. The third kappa shape index (κ3) is 1.90. The summed E-state index contributed by atoms with van der Waals surface area (Å²) in [6, 6.07) is 5.31. The van der Waals surface area contributed by atoms with Crippen molar-refractivity contribution in [1.29, 1.82) is 0 Å². The number of phenolic OH excluding ortho intramolecular Hbond substituents is 1. The van der Waals surface area contributed by atoms with Crippen molar-refractivity contribution in [2.75, 3.05) is 7.11 Å². The number of ketones is 1. The van der Waals surface area contributed by atoms with Gasteiger partial charge in [-0.2, -0.15) is 0 Å².